The highest BCUT2D eigenvalue weighted by atomic mass is 32.2. The second kappa shape index (κ2) is 13.9. The van der Waals surface area contributed by atoms with Crippen LogP contribution in [0.5, 0.6) is 0 Å². The maximum atomic E-state index is 4.95. The van der Waals surface area contributed by atoms with E-state index in [0.717, 1.165) is 55.4 Å². The average molecular weight is 596 g/mol. The van der Waals surface area contributed by atoms with E-state index in [1.54, 1.807) is 23.3 Å². The molecule has 7 heteroatoms. The zero-order chi connectivity index (χ0) is 28.7. The lowest BCUT2D eigenvalue weighted by molar-refractivity contribution is 0.395. The summed E-state index contributed by atoms with van der Waals surface area (Å²) < 4.78 is 4.95. The van der Waals surface area contributed by atoms with E-state index in [-0.39, 0.29) is 0 Å². The number of rotatable bonds is 11. The summed E-state index contributed by atoms with van der Waals surface area (Å²) in [7, 11) is 0. The van der Waals surface area contributed by atoms with Gasteiger partial charge in [0.1, 0.15) is 11.6 Å². The Kier molecular flexibility index (Phi) is 9.56. The summed E-state index contributed by atoms with van der Waals surface area (Å²) in [6.07, 6.45) is 17.0. The van der Waals surface area contributed by atoms with Gasteiger partial charge in [0.15, 0.2) is 0 Å². The van der Waals surface area contributed by atoms with Crippen LogP contribution in [0, 0.1) is 5.92 Å². The maximum Gasteiger partial charge on any atom is 0.146 e. The lowest BCUT2D eigenvalue weighted by Gasteiger charge is -2.32. The largest absolute Gasteiger partial charge is 0.357 e. The van der Waals surface area contributed by atoms with E-state index >= 15 is 0 Å². The fourth-order valence-electron chi connectivity index (χ4n) is 6.17. The van der Waals surface area contributed by atoms with Crippen LogP contribution in [0.2, 0.25) is 0 Å². The van der Waals surface area contributed by atoms with Crippen LogP contribution in [-0.2, 0) is 19.4 Å². The number of benzene rings is 1. The van der Waals surface area contributed by atoms with E-state index in [2.05, 4.69) is 77.2 Å². The molecule has 1 aromatic carbocycles. The first kappa shape index (κ1) is 28.9. The molecule has 0 bridgehead atoms. The summed E-state index contributed by atoms with van der Waals surface area (Å²) in [5.74, 6) is 2.61. The molecule has 1 aliphatic heterocycles. The van der Waals surface area contributed by atoms with E-state index < -0.39 is 0 Å². The van der Waals surface area contributed by atoms with Crippen molar-refractivity contribution in [1.82, 2.24) is 14.3 Å². The van der Waals surface area contributed by atoms with E-state index in [4.69, 9.17) is 14.3 Å². The fourth-order valence-corrected chi connectivity index (χ4v) is 7.37. The molecule has 2 aliphatic rings. The van der Waals surface area contributed by atoms with Crippen LogP contribution in [0.15, 0.2) is 84.2 Å². The molecule has 4 heterocycles. The van der Waals surface area contributed by atoms with Crippen molar-refractivity contribution < 1.29 is 0 Å². The Balaban J connectivity index is 1.16. The van der Waals surface area contributed by atoms with Crippen LogP contribution >= 0.6 is 23.3 Å². The number of hydrogen-bond acceptors (Lipinski definition) is 7. The number of aryl methyl sites for hydroxylation is 2. The molecule has 5 nitrogen and oxygen atoms in total. The number of nitrogens with zero attached hydrogens (tertiary/aromatic N) is 5. The van der Waals surface area contributed by atoms with Gasteiger partial charge >= 0.3 is 0 Å². The number of hydrogen-bond donors (Lipinski definition) is 0. The second-order valence-corrected chi connectivity index (χ2v) is 13.3. The van der Waals surface area contributed by atoms with Crippen LogP contribution in [0.3, 0.4) is 0 Å². The van der Waals surface area contributed by atoms with Crippen molar-refractivity contribution in [2.75, 3.05) is 29.1 Å². The van der Waals surface area contributed by atoms with Crippen LogP contribution in [-0.4, -0.2) is 33.7 Å². The first-order valence-electron chi connectivity index (χ1n) is 15.4. The molecule has 1 saturated carbocycles. The number of thioether (sulfide) groups is 1. The molecule has 0 atom stereocenters. The van der Waals surface area contributed by atoms with Gasteiger partial charge in [-0.2, -0.15) is 4.37 Å². The Morgan fingerprint density at radius 2 is 1.79 bits per heavy atom. The molecule has 0 radical (unpaired) electrons. The zero-order valence-corrected chi connectivity index (χ0v) is 26.3. The fraction of sp³-hybridized carbons (Fsp3) is 0.400. The number of allylic oxidation sites excluding steroid dienone is 1. The quantitative estimate of drug-likeness (QED) is 0.162. The average Bonchev–Trinajstić information content (AvgIpc) is 3.77. The zero-order valence-electron chi connectivity index (χ0n) is 24.7. The minimum Gasteiger partial charge on any atom is -0.357 e. The Morgan fingerprint density at radius 1 is 0.929 bits per heavy atom. The minimum atomic E-state index is 0.519. The summed E-state index contributed by atoms with van der Waals surface area (Å²) in [4.78, 5) is 16.9. The van der Waals surface area contributed by atoms with Crippen LogP contribution in [0.4, 0.5) is 11.6 Å². The van der Waals surface area contributed by atoms with Crippen LogP contribution < -0.4 is 9.80 Å². The number of aromatic nitrogens is 3. The molecule has 1 aliphatic carbocycles. The van der Waals surface area contributed by atoms with Crippen LogP contribution in [0.25, 0.3) is 11.3 Å². The third kappa shape index (κ3) is 7.07. The van der Waals surface area contributed by atoms with Gasteiger partial charge in [-0.05, 0) is 110 Å². The Labute approximate surface area is 259 Å². The normalized spacial score (nSPS) is 15.7. The monoisotopic (exact) mass is 595 g/mol. The third-order valence-electron chi connectivity index (χ3n) is 8.68. The van der Waals surface area contributed by atoms with Crippen LogP contribution in [0.1, 0.15) is 60.9 Å². The van der Waals surface area contributed by atoms with Crippen molar-refractivity contribution in [3.05, 3.63) is 95.3 Å². The lowest BCUT2D eigenvalue weighted by Crippen LogP contribution is -2.27. The molecule has 0 spiro atoms. The first-order valence-corrected chi connectivity index (χ1v) is 17.4. The lowest BCUT2D eigenvalue weighted by atomic mass is 9.86. The van der Waals surface area contributed by atoms with Gasteiger partial charge in [-0.15, -0.1) is 11.8 Å². The summed E-state index contributed by atoms with van der Waals surface area (Å²) >= 11 is 3.43. The Morgan fingerprint density at radius 3 is 2.52 bits per heavy atom. The van der Waals surface area contributed by atoms with Crippen molar-refractivity contribution in [2.45, 2.75) is 69.2 Å². The molecule has 218 valence electrons. The molecular formula is C35H41N5S2. The number of pyridine rings is 2. The minimum absolute atomic E-state index is 0.519. The van der Waals surface area contributed by atoms with Crippen molar-refractivity contribution in [2.24, 2.45) is 5.92 Å². The molecule has 4 aromatic rings. The standard InChI is InChI=1S/C35H41N5S2/c1-26(29-10-4-3-5-11-29)40(35-22-32(42-38-35)16-13-27-9-8-12-31(21-27)41-2)25-28-14-17-33(36-23-28)30-15-18-34(37-24-30)39-19-6-7-20-39/h8-9,12,14-15,17-18,21-24,29H,1,3-7,10-11,13,16,19-20,25H2,2H3. The molecule has 6 rings (SSSR count). The summed E-state index contributed by atoms with van der Waals surface area (Å²) in [6.45, 7) is 7.58. The highest BCUT2D eigenvalue weighted by molar-refractivity contribution is 7.98. The Hall–Kier alpha value is -3.16. The van der Waals surface area contributed by atoms with Crippen molar-refractivity contribution in [1.29, 1.82) is 0 Å². The van der Waals surface area contributed by atoms with E-state index in [1.807, 2.05) is 12.4 Å². The van der Waals surface area contributed by atoms with E-state index in [0.29, 0.717) is 5.92 Å². The number of anilines is 2. The van der Waals surface area contributed by atoms with Gasteiger partial charge in [0, 0.05) is 46.5 Å². The molecule has 0 unspecified atom stereocenters. The molecule has 0 N–H and O–H groups in total. The van der Waals surface area contributed by atoms with Crippen molar-refractivity contribution in [3.8, 4) is 11.3 Å². The van der Waals surface area contributed by atoms with Gasteiger partial charge in [-0.25, -0.2) is 4.98 Å². The van der Waals surface area contributed by atoms with Gasteiger partial charge in [0.05, 0.1) is 12.2 Å². The van der Waals surface area contributed by atoms with Gasteiger partial charge in [0.25, 0.3) is 0 Å². The van der Waals surface area contributed by atoms with E-state index in [1.165, 1.54) is 71.5 Å². The van der Waals surface area contributed by atoms with Crippen molar-refractivity contribution in [3.63, 3.8) is 0 Å². The highest BCUT2D eigenvalue weighted by Gasteiger charge is 2.24. The smallest absolute Gasteiger partial charge is 0.146 e. The summed E-state index contributed by atoms with van der Waals surface area (Å²) in [5.41, 5.74) is 5.76. The molecular weight excluding hydrogens is 555 g/mol. The molecule has 0 amide bonds. The third-order valence-corrected chi connectivity index (χ3v) is 10.2. The van der Waals surface area contributed by atoms with E-state index in [9.17, 15) is 0 Å². The predicted molar refractivity (Wildman–Crippen MR) is 179 cm³/mol. The van der Waals surface area contributed by atoms with Gasteiger partial charge in [-0.3, -0.25) is 4.98 Å². The first-order chi connectivity index (χ1) is 20.7. The SMILES string of the molecule is C=C(C1CCCCC1)N(Cc1ccc(-c2ccc(N3CCCC3)nc2)nc1)c1cc(CCc2cccc(SC)c2)sn1. The second-order valence-electron chi connectivity index (χ2n) is 11.6. The molecule has 3 aromatic heterocycles. The maximum absolute atomic E-state index is 4.95. The summed E-state index contributed by atoms with van der Waals surface area (Å²) in [5, 5.41) is 0. The van der Waals surface area contributed by atoms with Crippen molar-refractivity contribution >= 4 is 34.9 Å². The predicted octanol–water partition coefficient (Wildman–Crippen LogP) is 8.81. The van der Waals surface area contributed by atoms with Gasteiger partial charge in [0.2, 0.25) is 0 Å². The topological polar surface area (TPSA) is 45.2 Å². The molecule has 2 fully saturated rings. The van der Waals surface area contributed by atoms with Gasteiger partial charge < -0.3 is 9.80 Å². The highest BCUT2D eigenvalue weighted by Crippen LogP contribution is 2.35. The Bertz CT molecular complexity index is 1450. The van der Waals surface area contributed by atoms with Gasteiger partial charge in [-0.1, -0.05) is 44.0 Å². The molecule has 42 heavy (non-hydrogen) atoms. The summed E-state index contributed by atoms with van der Waals surface area (Å²) in [6, 6.07) is 19.8. The molecule has 1 saturated heterocycles.